The highest BCUT2D eigenvalue weighted by atomic mass is 79.9. The lowest BCUT2D eigenvalue weighted by atomic mass is 9.97. The molecule has 0 aliphatic rings. The van der Waals surface area contributed by atoms with Gasteiger partial charge < -0.3 is 5.32 Å². The predicted molar refractivity (Wildman–Crippen MR) is 107 cm³/mol. The Morgan fingerprint density at radius 2 is 1.73 bits per heavy atom. The van der Waals surface area contributed by atoms with Crippen LogP contribution in [0.15, 0.2) is 77.3 Å². The van der Waals surface area contributed by atoms with Gasteiger partial charge in [-0.2, -0.15) is 0 Å². The summed E-state index contributed by atoms with van der Waals surface area (Å²) in [6.07, 6.45) is 0.236. The van der Waals surface area contributed by atoms with Gasteiger partial charge in [0.15, 0.2) is 5.78 Å². The minimum absolute atomic E-state index is 0.0625. The third-order valence-electron chi connectivity index (χ3n) is 3.99. The number of ketones is 1. The van der Waals surface area contributed by atoms with Crippen LogP contribution in [0.25, 0.3) is 0 Å². The standard InChI is InChI=1S/C21H16BrClFNO/c22-16-8-4-14(5-9-16)20(25-19-3-1-2-17(23)12-19)13-21(26)15-6-10-18(24)11-7-15/h1-12,20,25H,13H2. The summed E-state index contributed by atoms with van der Waals surface area (Å²) < 4.78 is 14.1. The topological polar surface area (TPSA) is 29.1 Å². The molecule has 132 valence electrons. The molecule has 0 fully saturated rings. The molecule has 0 amide bonds. The summed E-state index contributed by atoms with van der Waals surface area (Å²) in [6.45, 7) is 0. The van der Waals surface area contributed by atoms with Crippen LogP contribution in [0.5, 0.6) is 0 Å². The lowest BCUT2D eigenvalue weighted by Gasteiger charge is -2.20. The summed E-state index contributed by atoms with van der Waals surface area (Å²) in [5.41, 5.74) is 2.29. The number of halogens is 3. The van der Waals surface area contributed by atoms with Gasteiger partial charge in [0.05, 0.1) is 6.04 Å². The van der Waals surface area contributed by atoms with Crippen LogP contribution in [-0.2, 0) is 0 Å². The molecule has 0 heterocycles. The normalized spacial score (nSPS) is 11.8. The molecule has 0 aromatic heterocycles. The van der Waals surface area contributed by atoms with E-state index >= 15 is 0 Å². The molecule has 5 heteroatoms. The van der Waals surface area contributed by atoms with E-state index in [2.05, 4.69) is 21.2 Å². The predicted octanol–water partition coefficient (Wildman–Crippen LogP) is 6.67. The summed E-state index contributed by atoms with van der Waals surface area (Å²) in [6, 6.07) is 20.5. The zero-order valence-electron chi connectivity index (χ0n) is 13.8. The maximum absolute atomic E-state index is 13.1. The van der Waals surface area contributed by atoms with Gasteiger partial charge in [0, 0.05) is 27.2 Å². The van der Waals surface area contributed by atoms with Crippen molar-refractivity contribution in [3.8, 4) is 0 Å². The van der Waals surface area contributed by atoms with Crippen LogP contribution in [0.4, 0.5) is 10.1 Å². The maximum atomic E-state index is 13.1. The van der Waals surface area contributed by atoms with Crippen LogP contribution in [0, 0.1) is 5.82 Å². The number of anilines is 1. The Morgan fingerprint density at radius 1 is 1.04 bits per heavy atom. The number of Topliss-reactive ketones (excluding diaryl/α,β-unsaturated/α-hetero) is 1. The molecule has 0 aliphatic heterocycles. The van der Waals surface area contributed by atoms with Crippen LogP contribution in [0.2, 0.25) is 5.02 Å². The van der Waals surface area contributed by atoms with Gasteiger partial charge in [-0.3, -0.25) is 4.79 Å². The fourth-order valence-corrected chi connectivity index (χ4v) is 3.12. The Bertz CT molecular complexity index is 897. The molecule has 26 heavy (non-hydrogen) atoms. The quantitative estimate of drug-likeness (QED) is 0.441. The SMILES string of the molecule is O=C(CC(Nc1cccc(Cl)c1)c1ccc(Br)cc1)c1ccc(F)cc1. The Kier molecular flexibility index (Phi) is 6.07. The third-order valence-corrected chi connectivity index (χ3v) is 4.76. The van der Waals surface area contributed by atoms with Crippen molar-refractivity contribution in [1.82, 2.24) is 0 Å². The van der Waals surface area contributed by atoms with E-state index in [4.69, 9.17) is 11.6 Å². The van der Waals surface area contributed by atoms with Gasteiger partial charge in [-0.1, -0.05) is 45.7 Å². The highest BCUT2D eigenvalue weighted by Crippen LogP contribution is 2.27. The molecule has 0 bridgehead atoms. The molecule has 3 rings (SSSR count). The van der Waals surface area contributed by atoms with Gasteiger partial charge in [0.2, 0.25) is 0 Å². The van der Waals surface area contributed by atoms with Gasteiger partial charge in [0.25, 0.3) is 0 Å². The molecular weight excluding hydrogens is 417 g/mol. The van der Waals surface area contributed by atoms with E-state index in [1.807, 2.05) is 42.5 Å². The number of rotatable bonds is 6. The third kappa shape index (κ3) is 4.93. The molecule has 1 unspecified atom stereocenters. The number of benzene rings is 3. The van der Waals surface area contributed by atoms with Crippen molar-refractivity contribution < 1.29 is 9.18 Å². The average Bonchev–Trinajstić information content (AvgIpc) is 2.62. The van der Waals surface area contributed by atoms with E-state index in [1.54, 1.807) is 6.07 Å². The van der Waals surface area contributed by atoms with Crippen molar-refractivity contribution in [2.75, 3.05) is 5.32 Å². The van der Waals surface area contributed by atoms with Crippen LogP contribution in [0.1, 0.15) is 28.4 Å². The number of hydrogen-bond acceptors (Lipinski definition) is 2. The van der Waals surface area contributed by atoms with Crippen molar-refractivity contribution in [1.29, 1.82) is 0 Å². The first-order valence-corrected chi connectivity index (χ1v) is 9.25. The average molecular weight is 433 g/mol. The molecule has 0 saturated heterocycles. The molecule has 3 aromatic carbocycles. The second-order valence-corrected chi connectivity index (χ2v) is 7.25. The van der Waals surface area contributed by atoms with Crippen LogP contribution in [0.3, 0.4) is 0 Å². The van der Waals surface area contributed by atoms with Crippen molar-refractivity contribution in [2.45, 2.75) is 12.5 Å². The second-order valence-electron chi connectivity index (χ2n) is 5.89. The van der Waals surface area contributed by atoms with Crippen molar-refractivity contribution in [3.63, 3.8) is 0 Å². The number of carbonyl (C=O) groups excluding carboxylic acids is 1. The Hall–Kier alpha value is -2.17. The fraction of sp³-hybridized carbons (Fsp3) is 0.0952. The zero-order chi connectivity index (χ0) is 18.5. The number of nitrogens with one attached hydrogen (secondary N) is 1. The van der Waals surface area contributed by atoms with Crippen LogP contribution in [-0.4, -0.2) is 5.78 Å². The van der Waals surface area contributed by atoms with E-state index in [9.17, 15) is 9.18 Å². The molecule has 1 atom stereocenters. The first-order valence-electron chi connectivity index (χ1n) is 8.07. The van der Waals surface area contributed by atoms with E-state index in [1.165, 1.54) is 24.3 Å². The van der Waals surface area contributed by atoms with Crippen LogP contribution >= 0.6 is 27.5 Å². The number of hydrogen-bond donors (Lipinski definition) is 1. The summed E-state index contributed by atoms with van der Waals surface area (Å²) in [5, 5.41) is 3.99. The van der Waals surface area contributed by atoms with E-state index in [-0.39, 0.29) is 24.1 Å². The van der Waals surface area contributed by atoms with E-state index in [0.29, 0.717) is 10.6 Å². The summed E-state index contributed by atoms with van der Waals surface area (Å²) in [5.74, 6) is -0.421. The van der Waals surface area contributed by atoms with Crippen molar-refractivity contribution >= 4 is 39.0 Å². The van der Waals surface area contributed by atoms with E-state index in [0.717, 1.165) is 15.7 Å². The van der Waals surface area contributed by atoms with E-state index < -0.39 is 0 Å². The minimum atomic E-state index is -0.358. The Balaban J connectivity index is 1.85. The van der Waals surface area contributed by atoms with Crippen LogP contribution < -0.4 is 5.32 Å². The summed E-state index contributed by atoms with van der Waals surface area (Å²) in [4.78, 5) is 12.7. The number of carbonyl (C=O) groups is 1. The highest BCUT2D eigenvalue weighted by Gasteiger charge is 2.17. The lowest BCUT2D eigenvalue weighted by Crippen LogP contribution is -2.16. The van der Waals surface area contributed by atoms with Gasteiger partial charge in [-0.15, -0.1) is 0 Å². The monoisotopic (exact) mass is 431 g/mol. The Morgan fingerprint density at radius 3 is 2.38 bits per heavy atom. The fourth-order valence-electron chi connectivity index (χ4n) is 2.67. The zero-order valence-corrected chi connectivity index (χ0v) is 16.1. The van der Waals surface area contributed by atoms with Gasteiger partial charge >= 0.3 is 0 Å². The molecular formula is C21H16BrClFNO. The van der Waals surface area contributed by atoms with Crippen molar-refractivity contribution in [3.05, 3.63) is 99.2 Å². The van der Waals surface area contributed by atoms with Gasteiger partial charge in [0.1, 0.15) is 5.82 Å². The lowest BCUT2D eigenvalue weighted by molar-refractivity contribution is 0.0976. The molecule has 2 nitrogen and oxygen atoms in total. The Labute approximate surface area is 165 Å². The summed E-state index contributed by atoms with van der Waals surface area (Å²) >= 11 is 9.49. The minimum Gasteiger partial charge on any atom is -0.378 e. The first-order chi connectivity index (χ1) is 12.5. The van der Waals surface area contributed by atoms with Gasteiger partial charge in [-0.25, -0.2) is 4.39 Å². The highest BCUT2D eigenvalue weighted by molar-refractivity contribution is 9.10. The maximum Gasteiger partial charge on any atom is 0.165 e. The smallest absolute Gasteiger partial charge is 0.165 e. The molecule has 0 aliphatic carbocycles. The summed E-state index contributed by atoms with van der Waals surface area (Å²) in [7, 11) is 0. The molecule has 0 radical (unpaired) electrons. The molecule has 1 N–H and O–H groups in total. The molecule has 0 saturated carbocycles. The first kappa shape index (κ1) is 18.6. The molecule has 3 aromatic rings. The van der Waals surface area contributed by atoms with Crippen molar-refractivity contribution in [2.24, 2.45) is 0 Å². The molecule has 0 spiro atoms. The largest absolute Gasteiger partial charge is 0.378 e. The second kappa shape index (κ2) is 8.47. The van der Waals surface area contributed by atoms with Gasteiger partial charge in [-0.05, 0) is 60.2 Å².